The second kappa shape index (κ2) is 6.65. The number of anilines is 1. The lowest BCUT2D eigenvalue weighted by Crippen LogP contribution is -2.43. The maximum atomic E-state index is 13.4. The van der Waals surface area contributed by atoms with Crippen LogP contribution < -0.4 is 4.90 Å². The van der Waals surface area contributed by atoms with Crippen molar-refractivity contribution in [1.29, 1.82) is 0 Å². The van der Waals surface area contributed by atoms with Gasteiger partial charge in [0.1, 0.15) is 0 Å². The molecule has 0 aromatic heterocycles. The minimum atomic E-state index is -3.78. The van der Waals surface area contributed by atoms with Gasteiger partial charge in [-0.25, -0.2) is 8.42 Å². The third-order valence-electron chi connectivity index (χ3n) is 6.94. The summed E-state index contributed by atoms with van der Waals surface area (Å²) in [5.41, 5.74) is 1.06. The molecule has 2 aromatic carbocycles. The standard InChI is InChI=1S/C22H24N2O4S/c1-23(17-7-3-2-4-8-17)22(26)14-6-5-9-18(11-14)29(27,28)24-13-16-10-15-12-19(16)20(24)21(15)25/h2-9,11,15-16,19-21,25H,10,12-13H2,1H3/t15-,16-,19+,20-,21+/m0/s1. The Hall–Kier alpha value is -2.22. The van der Waals surface area contributed by atoms with Crippen molar-refractivity contribution in [3.05, 3.63) is 60.2 Å². The van der Waals surface area contributed by atoms with Gasteiger partial charge in [-0.1, -0.05) is 24.3 Å². The first-order chi connectivity index (χ1) is 13.9. The van der Waals surface area contributed by atoms with Crippen molar-refractivity contribution < 1.29 is 18.3 Å². The van der Waals surface area contributed by atoms with Crippen LogP contribution in [0.5, 0.6) is 0 Å². The van der Waals surface area contributed by atoms with Crippen LogP contribution in [0.15, 0.2) is 59.5 Å². The van der Waals surface area contributed by atoms with Crippen LogP contribution in [-0.2, 0) is 10.0 Å². The van der Waals surface area contributed by atoms with Crippen molar-refractivity contribution in [2.45, 2.75) is 29.9 Å². The molecule has 0 spiro atoms. The summed E-state index contributed by atoms with van der Waals surface area (Å²) >= 11 is 0. The van der Waals surface area contributed by atoms with Crippen molar-refractivity contribution in [3.8, 4) is 0 Å². The highest BCUT2D eigenvalue weighted by atomic mass is 32.2. The summed E-state index contributed by atoms with van der Waals surface area (Å²) in [4.78, 5) is 14.5. The van der Waals surface area contributed by atoms with E-state index >= 15 is 0 Å². The normalized spacial score (nSPS) is 30.6. The number of hydrogen-bond donors (Lipinski definition) is 1. The van der Waals surface area contributed by atoms with Crippen LogP contribution in [0.25, 0.3) is 0 Å². The maximum Gasteiger partial charge on any atom is 0.258 e. The highest BCUT2D eigenvalue weighted by Crippen LogP contribution is 2.56. The molecule has 5 atom stereocenters. The number of para-hydroxylation sites is 1. The smallest absolute Gasteiger partial charge is 0.258 e. The second-order valence-electron chi connectivity index (χ2n) is 8.44. The van der Waals surface area contributed by atoms with Gasteiger partial charge in [0.15, 0.2) is 0 Å². The third-order valence-corrected chi connectivity index (χ3v) is 8.80. The predicted octanol–water partition coefficient (Wildman–Crippen LogP) is 2.35. The topological polar surface area (TPSA) is 77.9 Å². The molecule has 0 unspecified atom stereocenters. The number of carbonyl (C=O) groups excluding carboxylic acids is 1. The van der Waals surface area contributed by atoms with Gasteiger partial charge < -0.3 is 10.0 Å². The van der Waals surface area contributed by atoms with Crippen molar-refractivity contribution in [2.24, 2.45) is 17.8 Å². The van der Waals surface area contributed by atoms with E-state index in [-0.39, 0.29) is 28.7 Å². The van der Waals surface area contributed by atoms with Crippen molar-refractivity contribution in [1.82, 2.24) is 4.31 Å². The molecule has 6 nitrogen and oxygen atoms in total. The summed E-state index contributed by atoms with van der Waals surface area (Å²) in [7, 11) is -2.10. The molecule has 29 heavy (non-hydrogen) atoms. The van der Waals surface area contributed by atoms with Crippen molar-refractivity contribution in [2.75, 3.05) is 18.5 Å². The molecular formula is C22H24N2O4S. The van der Waals surface area contributed by atoms with E-state index < -0.39 is 16.1 Å². The largest absolute Gasteiger partial charge is 0.391 e. The monoisotopic (exact) mass is 412 g/mol. The Morgan fingerprint density at radius 2 is 1.83 bits per heavy atom. The number of aliphatic hydroxyl groups excluding tert-OH is 1. The van der Waals surface area contributed by atoms with Crippen LogP contribution in [0.4, 0.5) is 5.69 Å². The molecule has 1 amide bonds. The lowest BCUT2D eigenvalue weighted by atomic mass is 9.88. The Kier molecular flexibility index (Phi) is 4.31. The molecule has 1 saturated heterocycles. The fourth-order valence-electron chi connectivity index (χ4n) is 5.52. The minimum Gasteiger partial charge on any atom is -0.391 e. The number of sulfonamides is 1. The van der Waals surface area contributed by atoms with E-state index in [4.69, 9.17) is 0 Å². The molecule has 5 rings (SSSR count). The Morgan fingerprint density at radius 3 is 2.55 bits per heavy atom. The molecular weight excluding hydrogens is 388 g/mol. The van der Waals surface area contributed by atoms with Gasteiger partial charge in [0.2, 0.25) is 10.0 Å². The molecule has 2 saturated carbocycles. The summed E-state index contributed by atoms with van der Waals surface area (Å²) in [5, 5.41) is 10.6. The first-order valence-electron chi connectivity index (χ1n) is 10.0. The fraction of sp³-hybridized carbons (Fsp3) is 0.409. The van der Waals surface area contributed by atoms with Gasteiger partial charge in [0, 0.05) is 24.8 Å². The molecule has 1 aliphatic heterocycles. The summed E-state index contributed by atoms with van der Waals surface area (Å²) in [6.45, 7) is 0.466. The van der Waals surface area contributed by atoms with E-state index in [1.807, 2.05) is 30.3 Å². The zero-order valence-electron chi connectivity index (χ0n) is 16.2. The lowest BCUT2D eigenvalue weighted by molar-refractivity contribution is 0.0731. The van der Waals surface area contributed by atoms with E-state index in [0.717, 1.165) is 18.5 Å². The summed E-state index contributed by atoms with van der Waals surface area (Å²) < 4.78 is 28.3. The van der Waals surface area contributed by atoms with Crippen LogP contribution in [0.3, 0.4) is 0 Å². The molecule has 1 heterocycles. The third kappa shape index (κ3) is 2.83. The molecule has 3 aliphatic rings. The van der Waals surface area contributed by atoms with Crippen LogP contribution in [0.2, 0.25) is 0 Å². The van der Waals surface area contributed by atoms with Crippen LogP contribution in [0, 0.1) is 17.8 Å². The first-order valence-corrected chi connectivity index (χ1v) is 11.4. The summed E-state index contributed by atoms with van der Waals surface area (Å²) in [6.07, 6.45) is 1.25. The number of benzene rings is 2. The van der Waals surface area contributed by atoms with Gasteiger partial charge >= 0.3 is 0 Å². The molecule has 152 valence electrons. The molecule has 7 heteroatoms. The highest BCUT2D eigenvalue weighted by molar-refractivity contribution is 7.89. The van der Waals surface area contributed by atoms with E-state index in [9.17, 15) is 18.3 Å². The van der Waals surface area contributed by atoms with Crippen LogP contribution in [0.1, 0.15) is 23.2 Å². The second-order valence-corrected chi connectivity index (χ2v) is 10.3. The molecule has 2 bridgehead atoms. The van der Waals surface area contributed by atoms with Gasteiger partial charge in [0.25, 0.3) is 5.91 Å². The Bertz CT molecular complexity index is 1050. The molecule has 3 fully saturated rings. The number of carbonyl (C=O) groups is 1. The predicted molar refractivity (Wildman–Crippen MR) is 109 cm³/mol. The number of nitrogens with zero attached hydrogens (tertiary/aromatic N) is 2. The van der Waals surface area contributed by atoms with Crippen molar-refractivity contribution in [3.63, 3.8) is 0 Å². The zero-order chi connectivity index (χ0) is 20.3. The first kappa shape index (κ1) is 18.8. The van der Waals surface area contributed by atoms with E-state index in [1.165, 1.54) is 21.3 Å². The van der Waals surface area contributed by atoms with Crippen LogP contribution >= 0.6 is 0 Å². The number of aliphatic hydroxyl groups is 1. The van der Waals surface area contributed by atoms with E-state index in [0.29, 0.717) is 18.0 Å². The highest BCUT2D eigenvalue weighted by Gasteiger charge is 2.61. The SMILES string of the molecule is CN(C(=O)c1cccc(S(=O)(=O)N2C[C@@H]3C[C@H]4C[C@H]3[C@H]2[C@@H]4O)c1)c1ccccc1. The number of hydrogen-bond acceptors (Lipinski definition) is 4. The minimum absolute atomic E-state index is 0.113. The van der Waals surface area contributed by atoms with Crippen LogP contribution in [-0.4, -0.2) is 49.5 Å². The Balaban J connectivity index is 1.44. The molecule has 2 aromatic rings. The van der Waals surface area contributed by atoms with Gasteiger partial charge in [-0.2, -0.15) is 4.31 Å². The average Bonchev–Trinajstić information content (AvgIpc) is 3.37. The average molecular weight is 413 g/mol. The summed E-state index contributed by atoms with van der Waals surface area (Å²) in [6, 6.07) is 15.1. The zero-order valence-corrected chi connectivity index (χ0v) is 17.0. The van der Waals surface area contributed by atoms with E-state index in [1.54, 1.807) is 19.2 Å². The van der Waals surface area contributed by atoms with E-state index in [2.05, 4.69) is 0 Å². The van der Waals surface area contributed by atoms with Gasteiger partial charge in [-0.3, -0.25) is 4.79 Å². The lowest BCUT2D eigenvalue weighted by Gasteiger charge is -2.28. The number of fused-ring (bicyclic) bond motifs is 1. The molecule has 2 aliphatic carbocycles. The quantitative estimate of drug-likeness (QED) is 0.836. The molecule has 1 N–H and O–H groups in total. The summed E-state index contributed by atoms with van der Waals surface area (Å²) in [5.74, 6) is 0.564. The van der Waals surface area contributed by atoms with Gasteiger partial charge in [-0.15, -0.1) is 0 Å². The fourth-order valence-corrected chi connectivity index (χ4v) is 7.31. The van der Waals surface area contributed by atoms with Gasteiger partial charge in [-0.05, 0) is 60.9 Å². The number of rotatable bonds is 4. The number of amides is 1. The molecule has 0 radical (unpaired) electrons. The van der Waals surface area contributed by atoms with Crippen molar-refractivity contribution >= 4 is 21.6 Å². The Morgan fingerprint density at radius 1 is 1.07 bits per heavy atom. The van der Waals surface area contributed by atoms with Gasteiger partial charge in [0.05, 0.1) is 17.0 Å². The Labute approximate surface area is 170 Å². The maximum absolute atomic E-state index is 13.4.